The van der Waals surface area contributed by atoms with Crippen LogP contribution in [0.4, 0.5) is 0 Å². The van der Waals surface area contributed by atoms with Gasteiger partial charge in [-0.2, -0.15) is 5.26 Å². The molecule has 1 rings (SSSR count). The minimum absolute atomic E-state index is 0.00528. The summed E-state index contributed by atoms with van der Waals surface area (Å²) in [7, 11) is 0. The summed E-state index contributed by atoms with van der Waals surface area (Å²) >= 11 is 3.37. The fraction of sp³-hybridized carbons (Fsp3) is 0.364. The van der Waals surface area contributed by atoms with Crippen LogP contribution in [0.1, 0.15) is 19.8 Å². The van der Waals surface area contributed by atoms with Crippen molar-refractivity contribution in [3.05, 3.63) is 28.7 Å². The fourth-order valence-corrected chi connectivity index (χ4v) is 1.48. The summed E-state index contributed by atoms with van der Waals surface area (Å²) in [5.74, 6) is 0.807. The summed E-state index contributed by atoms with van der Waals surface area (Å²) < 4.78 is 6.62. The van der Waals surface area contributed by atoms with Gasteiger partial charge in [0.1, 0.15) is 11.9 Å². The van der Waals surface area contributed by atoms with Gasteiger partial charge < -0.3 is 4.74 Å². The molecule has 1 atom stereocenters. The van der Waals surface area contributed by atoms with Crippen LogP contribution in [0.3, 0.4) is 0 Å². The van der Waals surface area contributed by atoms with Crippen LogP contribution in [0.2, 0.25) is 0 Å². The van der Waals surface area contributed by atoms with E-state index in [9.17, 15) is 0 Å². The summed E-state index contributed by atoms with van der Waals surface area (Å²) in [6, 6.07) is 9.77. The zero-order valence-corrected chi connectivity index (χ0v) is 9.62. The predicted octanol–water partition coefficient (Wildman–Crippen LogP) is 3.52. The fourth-order valence-electron chi connectivity index (χ4n) is 1.10. The number of nitrogens with zero attached hydrogens (tertiary/aromatic N) is 1. The topological polar surface area (TPSA) is 33.0 Å². The summed E-state index contributed by atoms with van der Waals surface area (Å²) in [5.41, 5.74) is 0. The van der Waals surface area contributed by atoms with Crippen molar-refractivity contribution in [1.29, 1.82) is 5.26 Å². The first-order valence-corrected chi connectivity index (χ1v) is 5.34. The Morgan fingerprint density at radius 2 is 2.36 bits per heavy atom. The van der Waals surface area contributed by atoms with Crippen molar-refractivity contribution in [2.24, 2.45) is 0 Å². The molecule has 74 valence electrons. The van der Waals surface area contributed by atoms with Gasteiger partial charge in [-0.25, -0.2) is 0 Å². The second-order valence-corrected chi connectivity index (χ2v) is 3.88. The molecule has 0 radical (unpaired) electrons. The van der Waals surface area contributed by atoms with Crippen LogP contribution in [0.25, 0.3) is 0 Å². The van der Waals surface area contributed by atoms with E-state index in [1.54, 1.807) is 0 Å². The van der Waals surface area contributed by atoms with Gasteiger partial charge in [-0.15, -0.1) is 0 Å². The van der Waals surface area contributed by atoms with Crippen molar-refractivity contribution in [1.82, 2.24) is 0 Å². The van der Waals surface area contributed by atoms with E-state index in [0.717, 1.165) is 16.6 Å². The van der Waals surface area contributed by atoms with Gasteiger partial charge in [-0.1, -0.05) is 28.9 Å². The molecule has 0 heterocycles. The van der Waals surface area contributed by atoms with E-state index >= 15 is 0 Å². The molecule has 3 heteroatoms. The highest BCUT2D eigenvalue weighted by Gasteiger charge is 2.06. The molecule has 1 unspecified atom stereocenters. The Bertz CT molecular complexity index is 332. The third-order valence-corrected chi connectivity index (χ3v) is 2.37. The first-order chi connectivity index (χ1) is 6.76. The van der Waals surface area contributed by atoms with Crippen molar-refractivity contribution in [3.63, 3.8) is 0 Å². The smallest absolute Gasteiger partial charge is 0.120 e. The molecular weight excluding hydrogens is 242 g/mol. The van der Waals surface area contributed by atoms with Crippen molar-refractivity contribution < 1.29 is 4.74 Å². The zero-order chi connectivity index (χ0) is 10.4. The molecule has 0 bridgehead atoms. The molecule has 2 nitrogen and oxygen atoms in total. The van der Waals surface area contributed by atoms with Crippen LogP contribution in [-0.4, -0.2) is 6.10 Å². The lowest BCUT2D eigenvalue weighted by molar-refractivity contribution is 0.202. The number of halogens is 1. The number of benzene rings is 1. The second-order valence-electron chi connectivity index (χ2n) is 2.97. The van der Waals surface area contributed by atoms with Gasteiger partial charge in [0.15, 0.2) is 0 Å². The maximum atomic E-state index is 8.56. The maximum absolute atomic E-state index is 8.56. The van der Waals surface area contributed by atoms with Crippen LogP contribution in [0.5, 0.6) is 5.75 Å². The second kappa shape index (κ2) is 5.66. The number of ether oxygens (including phenoxy) is 1. The minimum atomic E-state index is -0.00528. The van der Waals surface area contributed by atoms with Crippen LogP contribution in [-0.2, 0) is 0 Å². The monoisotopic (exact) mass is 253 g/mol. The molecule has 0 spiro atoms. The maximum Gasteiger partial charge on any atom is 0.120 e. The zero-order valence-electron chi connectivity index (χ0n) is 8.03. The molecule has 0 saturated carbocycles. The normalized spacial score (nSPS) is 11.8. The lowest BCUT2D eigenvalue weighted by Crippen LogP contribution is -2.14. The van der Waals surface area contributed by atoms with E-state index in [1.807, 2.05) is 31.2 Å². The number of hydrogen-bond acceptors (Lipinski definition) is 2. The highest BCUT2D eigenvalue weighted by atomic mass is 79.9. The van der Waals surface area contributed by atoms with Crippen molar-refractivity contribution >= 4 is 15.9 Å². The van der Waals surface area contributed by atoms with Gasteiger partial charge in [0.2, 0.25) is 0 Å². The van der Waals surface area contributed by atoms with Gasteiger partial charge in [0.25, 0.3) is 0 Å². The van der Waals surface area contributed by atoms with Crippen LogP contribution < -0.4 is 4.74 Å². The van der Waals surface area contributed by atoms with Gasteiger partial charge in [-0.05, 0) is 24.6 Å². The molecule has 0 fully saturated rings. The summed E-state index contributed by atoms with van der Waals surface area (Å²) in [4.78, 5) is 0. The Morgan fingerprint density at radius 3 is 2.93 bits per heavy atom. The van der Waals surface area contributed by atoms with Crippen LogP contribution in [0.15, 0.2) is 28.7 Å². The largest absolute Gasteiger partial charge is 0.489 e. The Balaban J connectivity index is 2.63. The van der Waals surface area contributed by atoms with E-state index in [0.29, 0.717) is 6.42 Å². The van der Waals surface area contributed by atoms with Crippen molar-refractivity contribution in [2.75, 3.05) is 0 Å². The highest BCUT2D eigenvalue weighted by Crippen LogP contribution is 2.20. The molecule has 0 N–H and O–H groups in total. The minimum Gasteiger partial charge on any atom is -0.489 e. The number of rotatable bonds is 4. The summed E-state index contributed by atoms with van der Waals surface area (Å²) in [6.45, 7) is 2.01. The molecule has 0 aliphatic carbocycles. The molecule has 0 saturated heterocycles. The van der Waals surface area contributed by atoms with Crippen LogP contribution >= 0.6 is 15.9 Å². The standard InChI is InChI=1S/C11H12BrNO/c1-2-10(6-7-13)14-11-5-3-4-9(12)8-11/h3-5,8,10H,2,6H2,1H3. The number of hydrogen-bond donors (Lipinski definition) is 0. The molecule has 0 aliphatic rings. The molecule has 0 aromatic heterocycles. The van der Waals surface area contributed by atoms with Gasteiger partial charge in [-0.3, -0.25) is 0 Å². The van der Waals surface area contributed by atoms with Crippen molar-refractivity contribution in [3.8, 4) is 11.8 Å². The third-order valence-electron chi connectivity index (χ3n) is 1.87. The quantitative estimate of drug-likeness (QED) is 0.823. The molecule has 0 amide bonds. The Kier molecular flexibility index (Phi) is 4.48. The predicted molar refractivity (Wildman–Crippen MR) is 59.1 cm³/mol. The SMILES string of the molecule is CCC(CC#N)Oc1cccc(Br)c1. The average molecular weight is 254 g/mol. The van der Waals surface area contributed by atoms with E-state index in [1.165, 1.54) is 0 Å². The lowest BCUT2D eigenvalue weighted by Gasteiger charge is -2.14. The first kappa shape index (κ1) is 11.1. The molecule has 1 aromatic rings. The third kappa shape index (κ3) is 3.39. The van der Waals surface area contributed by atoms with E-state index < -0.39 is 0 Å². The first-order valence-electron chi connectivity index (χ1n) is 4.55. The van der Waals surface area contributed by atoms with E-state index in [-0.39, 0.29) is 6.10 Å². The molecule has 14 heavy (non-hydrogen) atoms. The van der Waals surface area contributed by atoms with Gasteiger partial charge in [0.05, 0.1) is 12.5 Å². The Labute approximate surface area is 92.6 Å². The Hall–Kier alpha value is -1.01. The Morgan fingerprint density at radius 1 is 1.57 bits per heavy atom. The van der Waals surface area contributed by atoms with Crippen molar-refractivity contribution in [2.45, 2.75) is 25.9 Å². The van der Waals surface area contributed by atoms with E-state index in [2.05, 4.69) is 22.0 Å². The average Bonchev–Trinajstić information content (AvgIpc) is 2.17. The summed E-state index contributed by atoms with van der Waals surface area (Å²) in [6.07, 6.45) is 1.28. The molecular formula is C11H12BrNO. The van der Waals surface area contributed by atoms with Crippen LogP contribution in [0, 0.1) is 11.3 Å². The summed E-state index contributed by atoms with van der Waals surface area (Å²) in [5, 5.41) is 8.56. The van der Waals surface area contributed by atoms with Gasteiger partial charge >= 0.3 is 0 Å². The van der Waals surface area contributed by atoms with Gasteiger partial charge in [0, 0.05) is 4.47 Å². The highest BCUT2D eigenvalue weighted by molar-refractivity contribution is 9.10. The molecule has 0 aliphatic heterocycles. The molecule has 1 aromatic carbocycles. The number of nitriles is 1. The lowest BCUT2D eigenvalue weighted by atomic mass is 10.2. The van der Waals surface area contributed by atoms with E-state index in [4.69, 9.17) is 10.00 Å².